The molecule has 1 aliphatic rings. The maximum absolute atomic E-state index is 11.2. The third-order valence-corrected chi connectivity index (χ3v) is 4.47. The zero-order valence-electron chi connectivity index (χ0n) is 10.2. The molecule has 0 spiro atoms. The molecule has 0 bridgehead atoms. The SMILES string of the molecule is CC(=O)CC(C)N1CCc2sccc2C1C. The number of Topliss-reactive ketones (excluding diaryl/α,β-unsaturated/α-hetero) is 1. The predicted octanol–water partition coefficient (Wildman–Crippen LogP) is 3.03. The second-order valence-electron chi connectivity index (χ2n) is 4.72. The number of rotatable bonds is 3. The Hall–Kier alpha value is -0.670. The Morgan fingerprint density at radius 3 is 3.12 bits per heavy atom. The fourth-order valence-electron chi connectivity index (χ4n) is 2.66. The number of fused-ring (bicyclic) bond motifs is 1. The zero-order valence-corrected chi connectivity index (χ0v) is 11.0. The quantitative estimate of drug-likeness (QED) is 0.805. The first-order valence-electron chi connectivity index (χ1n) is 5.91. The molecule has 0 aromatic carbocycles. The van der Waals surface area contributed by atoms with E-state index in [1.165, 1.54) is 10.4 Å². The van der Waals surface area contributed by atoms with Crippen molar-refractivity contribution in [1.82, 2.24) is 4.90 Å². The van der Waals surface area contributed by atoms with Crippen molar-refractivity contribution in [1.29, 1.82) is 0 Å². The van der Waals surface area contributed by atoms with Gasteiger partial charge in [0.15, 0.2) is 0 Å². The Bertz CT molecular complexity index is 385. The van der Waals surface area contributed by atoms with Crippen LogP contribution in [0, 0.1) is 0 Å². The van der Waals surface area contributed by atoms with Gasteiger partial charge in [-0.1, -0.05) is 0 Å². The molecule has 0 amide bonds. The van der Waals surface area contributed by atoms with E-state index in [0.717, 1.165) is 13.0 Å². The molecule has 0 N–H and O–H groups in total. The molecule has 0 aliphatic carbocycles. The van der Waals surface area contributed by atoms with E-state index in [9.17, 15) is 4.79 Å². The number of ketones is 1. The molecule has 0 radical (unpaired) electrons. The first-order chi connectivity index (χ1) is 7.59. The van der Waals surface area contributed by atoms with Gasteiger partial charge < -0.3 is 0 Å². The third-order valence-electron chi connectivity index (χ3n) is 3.47. The van der Waals surface area contributed by atoms with Crippen LogP contribution in [0.15, 0.2) is 11.4 Å². The molecule has 0 saturated carbocycles. The van der Waals surface area contributed by atoms with Gasteiger partial charge in [0.25, 0.3) is 0 Å². The van der Waals surface area contributed by atoms with Crippen LogP contribution in [0.4, 0.5) is 0 Å². The average molecular weight is 237 g/mol. The van der Waals surface area contributed by atoms with Gasteiger partial charge in [-0.25, -0.2) is 0 Å². The van der Waals surface area contributed by atoms with Crippen LogP contribution in [-0.2, 0) is 11.2 Å². The number of carbonyl (C=O) groups excluding carboxylic acids is 1. The number of hydrogen-bond donors (Lipinski definition) is 0. The zero-order chi connectivity index (χ0) is 11.7. The molecule has 1 aromatic heterocycles. The second kappa shape index (κ2) is 4.68. The first-order valence-corrected chi connectivity index (χ1v) is 6.79. The highest BCUT2D eigenvalue weighted by Crippen LogP contribution is 2.34. The molecule has 3 heteroatoms. The van der Waals surface area contributed by atoms with Crippen LogP contribution in [0.2, 0.25) is 0 Å². The summed E-state index contributed by atoms with van der Waals surface area (Å²) in [5.41, 5.74) is 1.46. The van der Waals surface area contributed by atoms with Crippen molar-refractivity contribution in [2.75, 3.05) is 6.54 Å². The van der Waals surface area contributed by atoms with Crippen molar-refractivity contribution >= 4 is 17.1 Å². The summed E-state index contributed by atoms with van der Waals surface area (Å²) in [5, 5.41) is 2.18. The highest BCUT2D eigenvalue weighted by Gasteiger charge is 2.28. The van der Waals surface area contributed by atoms with Crippen LogP contribution in [-0.4, -0.2) is 23.3 Å². The molecule has 2 heterocycles. The van der Waals surface area contributed by atoms with Gasteiger partial charge in [0.1, 0.15) is 5.78 Å². The molecular formula is C13H19NOS. The van der Waals surface area contributed by atoms with Gasteiger partial charge in [-0.2, -0.15) is 0 Å². The van der Waals surface area contributed by atoms with Crippen LogP contribution >= 0.6 is 11.3 Å². The maximum Gasteiger partial charge on any atom is 0.131 e. The van der Waals surface area contributed by atoms with E-state index in [-0.39, 0.29) is 5.78 Å². The summed E-state index contributed by atoms with van der Waals surface area (Å²) in [7, 11) is 0. The third kappa shape index (κ3) is 2.20. The van der Waals surface area contributed by atoms with Gasteiger partial charge in [-0.15, -0.1) is 11.3 Å². The average Bonchev–Trinajstić information content (AvgIpc) is 2.65. The highest BCUT2D eigenvalue weighted by atomic mass is 32.1. The van der Waals surface area contributed by atoms with Crippen molar-refractivity contribution in [2.45, 2.75) is 45.7 Å². The van der Waals surface area contributed by atoms with Gasteiger partial charge in [0.05, 0.1) is 0 Å². The standard InChI is InChI=1S/C13H19NOS/c1-9(8-10(2)15)14-6-4-13-12(11(14)3)5-7-16-13/h5,7,9,11H,4,6,8H2,1-3H3. The van der Waals surface area contributed by atoms with Gasteiger partial charge >= 0.3 is 0 Å². The highest BCUT2D eigenvalue weighted by molar-refractivity contribution is 7.10. The molecule has 1 aliphatic heterocycles. The summed E-state index contributed by atoms with van der Waals surface area (Å²) >= 11 is 1.86. The fourth-order valence-corrected chi connectivity index (χ4v) is 3.63. The van der Waals surface area contributed by atoms with E-state index in [1.807, 2.05) is 11.3 Å². The molecule has 2 unspecified atom stereocenters. The molecule has 2 nitrogen and oxygen atoms in total. The minimum absolute atomic E-state index is 0.288. The van der Waals surface area contributed by atoms with Crippen LogP contribution < -0.4 is 0 Å². The lowest BCUT2D eigenvalue weighted by Crippen LogP contribution is -2.40. The lowest BCUT2D eigenvalue weighted by molar-refractivity contribution is -0.118. The first kappa shape index (κ1) is 11.8. The maximum atomic E-state index is 11.2. The van der Waals surface area contributed by atoms with Crippen LogP contribution in [0.1, 0.15) is 43.7 Å². The summed E-state index contributed by atoms with van der Waals surface area (Å²) < 4.78 is 0. The minimum atomic E-state index is 0.288. The monoisotopic (exact) mass is 237 g/mol. The van der Waals surface area contributed by atoms with Crippen molar-refractivity contribution in [3.63, 3.8) is 0 Å². The topological polar surface area (TPSA) is 20.3 Å². The number of hydrogen-bond acceptors (Lipinski definition) is 3. The van der Waals surface area contributed by atoms with Gasteiger partial charge in [-0.05, 0) is 44.2 Å². The van der Waals surface area contributed by atoms with E-state index >= 15 is 0 Å². The Morgan fingerprint density at radius 2 is 2.44 bits per heavy atom. The molecule has 2 atom stereocenters. The number of thiophene rings is 1. The predicted molar refractivity (Wildman–Crippen MR) is 67.9 cm³/mol. The van der Waals surface area contributed by atoms with Crippen molar-refractivity contribution in [2.24, 2.45) is 0 Å². The molecular weight excluding hydrogens is 218 g/mol. The van der Waals surface area contributed by atoms with Crippen molar-refractivity contribution in [3.05, 3.63) is 21.9 Å². The minimum Gasteiger partial charge on any atom is -0.300 e. The summed E-state index contributed by atoms with van der Waals surface area (Å²) in [5.74, 6) is 0.288. The van der Waals surface area contributed by atoms with E-state index in [4.69, 9.17) is 0 Å². The number of nitrogens with zero attached hydrogens (tertiary/aromatic N) is 1. The normalized spacial score (nSPS) is 22.8. The Kier molecular flexibility index (Phi) is 3.45. The largest absolute Gasteiger partial charge is 0.300 e. The summed E-state index contributed by atoms with van der Waals surface area (Å²) in [6, 6.07) is 3.06. The summed E-state index contributed by atoms with van der Waals surface area (Å²) in [6.45, 7) is 7.18. The Balaban J connectivity index is 2.12. The van der Waals surface area contributed by atoms with Crippen LogP contribution in [0.5, 0.6) is 0 Å². The smallest absolute Gasteiger partial charge is 0.131 e. The van der Waals surface area contributed by atoms with Crippen LogP contribution in [0.25, 0.3) is 0 Å². The molecule has 1 aromatic rings. The summed E-state index contributed by atoms with van der Waals surface area (Å²) in [4.78, 5) is 15.2. The van der Waals surface area contributed by atoms with Crippen molar-refractivity contribution < 1.29 is 4.79 Å². The summed E-state index contributed by atoms with van der Waals surface area (Å²) in [6.07, 6.45) is 1.81. The van der Waals surface area contributed by atoms with Gasteiger partial charge in [0, 0.05) is 29.9 Å². The van der Waals surface area contributed by atoms with Gasteiger partial charge in [-0.3, -0.25) is 9.69 Å². The Labute approximate surface area is 101 Å². The lowest BCUT2D eigenvalue weighted by atomic mass is 9.98. The number of carbonyl (C=O) groups is 1. The molecule has 88 valence electrons. The van der Waals surface area contributed by atoms with E-state index in [0.29, 0.717) is 18.5 Å². The Morgan fingerprint density at radius 1 is 1.69 bits per heavy atom. The van der Waals surface area contributed by atoms with Crippen molar-refractivity contribution in [3.8, 4) is 0 Å². The van der Waals surface area contributed by atoms with Crippen LogP contribution in [0.3, 0.4) is 0 Å². The van der Waals surface area contributed by atoms with Gasteiger partial charge in [0.2, 0.25) is 0 Å². The lowest BCUT2D eigenvalue weighted by Gasteiger charge is -2.37. The molecule has 16 heavy (non-hydrogen) atoms. The fraction of sp³-hybridized carbons (Fsp3) is 0.615. The second-order valence-corrected chi connectivity index (χ2v) is 5.72. The molecule has 0 fully saturated rings. The van der Waals surface area contributed by atoms with E-state index in [2.05, 4.69) is 30.2 Å². The molecule has 0 saturated heterocycles. The van der Waals surface area contributed by atoms with E-state index < -0.39 is 0 Å². The van der Waals surface area contributed by atoms with E-state index in [1.54, 1.807) is 6.92 Å². The molecule has 2 rings (SSSR count).